The second-order valence-corrected chi connectivity index (χ2v) is 5.11. The highest BCUT2D eigenvalue weighted by Gasteiger charge is 2.12. The summed E-state index contributed by atoms with van der Waals surface area (Å²) in [5, 5.41) is 4.21. The second-order valence-electron chi connectivity index (χ2n) is 4.71. The van der Waals surface area contributed by atoms with Crippen LogP contribution in [-0.4, -0.2) is 13.3 Å². The molecule has 0 amide bonds. The lowest BCUT2D eigenvalue weighted by molar-refractivity contribution is 0.174. The summed E-state index contributed by atoms with van der Waals surface area (Å²) in [6.45, 7) is 2.00. The van der Waals surface area contributed by atoms with E-state index in [0.717, 1.165) is 41.6 Å². The summed E-state index contributed by atoms with van der Waals surface area (Å²) in [5.74, 6) is 1.67. The molecule has 0 unspecified atom stereocenters. The fourth-order valence-electron chi connectivity index (χ4n) is 2.19. The van der Waals surface area contributed by atoms with Gasteiger partial charge in [0.05, 0.1) is 0 Å². The first-order chi connectivity index (χ1) is 9.83. The predicted molar refractivity (Wildman–Crippen MR) is 79.4 cm³/mol. The van der Waals surface area contributed by atoms with Crippen LogP contribution in [0.5, 0.6) is 11.5 Å². The Bertz CT molecular complexity index is 601. The third-order valence-corrected chi connectivity index (χ3v) is 3.67. The molecular weight excluding hydrogens is 274 g/mol. The first-order valence-electron chi connectivity index (χ1n) is 6.65. The van der Waals surface area contributed by atoms with Crippen molar-refractivity contribution in [1.29, 1.82) is 0 Å². The summed E-state index contributed by atoms with van der Waals surface area (Å²) in [6.07, 6.45) is 0.946. The maximum absolute atomic E-state index is 6.11. The molecule has 1 heterocycles. The second kappa shape index (κ2) is 6.16. The summed E-state index contributed by atoms with van der Waals surface area (Å²) >= 11 is 6.11. The van der Waals surface area contributed by atoms with Crippen molar-refractivity contribution in [2.75, 3.05) is 13.3 Å². The molecule has 0 spiro atoms. The third-order valence-electron chi connectivity index (χ3n) is 3.30. The van der Waals surface area contributed by atoms with Crippen molar-refractivity contribution in [3.8, 4) is 11.5 Å². The van der Waals surface area contributed by atoms with E-state index >= 15 is 0 Å². The van der Waals surface area contributed by atoms with Gasteiger partial charge in [-0.3, -0.25) is 0 Å². The van der Waals surface area contributed by atoms with Crippen LogP contribution in [0.25, 0.3) is 0 Å². The van der Waals surface area contributed by atoms with E-state index in [1.54, 1.807) is 0 Å². The Morgan fingerprint density at radius 2 is 1.90 bits per heavy atom. The van der Waals surface area contributed by atoms with Crippen molar-refractivity contribution >= 4 is 11.6 Å². The van der Waals surface area contributed by atoms with Crippen LogP contribution in [0.4, 0.5) is 0 Å². The highest BCUT2D eigenvalue weighted by molar-refractivity contribution is 6.31. The fourth-order valence-corrected chi connectivity index (χ4v) is 2.40. The molecule has 2 aromatic rings. The fraction of sp³-hybridized carbons (Fsp3) is 0.250. The van der Waals surface area contributed by atoms with E-state index < -0.39 is 0 Å². The Balaban J connectivity index is 1.49. The molecule has 3 nitrogen and oxygen atoms in total. The van der Waals surface area contributed by atoms with E-state index in [1.165, 1.54) is 5.56 Å². The Hall–Kier alpha value is -1.71. The van der Waals surface area contributed by atoms with Gasteiger partial charge in [0.25, 0.3) is 0 Å². The minimum atomic E-state index is 0.323. The molecule has 1 aliphatic rings. The number of fused-ring (bicyclic) bond motifs is 1. The zero-order valence-electron chi connectivity index (χ0n) is 11.1. The van der Waals surface area contributed by atoms with Crippen LogP contribution < -0.4 is 14.8 Å². The summed E-state index contributed by atoms with van der Waals surface area (Å²) in [6, 6.07) is 14.0. The molecule has 1 aliphatic heterocycles. The lowest BCUT2D eigenvalue weighted by atomic mass is 10.1. The lowest BCUT2D eigenvalue weighted by Gasteiger charge is -2.07. The van der Waals surface area contributed by atoms with Gasteiger partial charge >= 0.3 is 0 Å². The molecular formula is C16H16ClNO2. The summed E-state index contributed by atoms with van der Waals surface area (Å²) in [7, 11) is 0. The Morgan fingerprint density at radius 3 is 2.80 bits per heavy atom. The van der Waals surface area contributed by atoms with E-state index in [0.29, 0.717) is 6.79 Å². The molecule has 0 saturated heterocycles. The third kappa shape index (κ3) is 3.06. The molecule has 3 rings (SSSR count). The van der Waals surface area contributed by atoms with Gasteiger partial charge in [0.15, 0.2) is 11.5 Å². The van der Waals surface area contributed by atoms with Crippen LogP contribution in [-0.2, 0) is 13.0 Å². The molecule has 0 aliphatic carbocycles. The molecule has 0 radical (unpaired) electrons. The summed E-state index contributed by atoms with van der Waals surface area (Å²) < 4.78 is 10.7. The Morgan fingerprint density at radius 1 is 1.05 bits per heavy atom. The minimum Gasteiger partial charge on any atom is -0.454 e. The van der Waals surface area contributed by atoms with Crippen molar-refractivity contribution in [3.05, 3.63) is 58.6 Å². The number of benzene rings is 2. The molecule has 0 bridgehead atoms. The maximum Gasteiger partial charge on any atom is 0.231 e. The van der Waals surface area contributed by atoms with E-state index in [2.05, 4.69) is 11.4 Å². The van der Waals surface area contributed by atoms with Crippen LogP contribution in [0.2, 0.25) is 5.02 Å². The maximum atomic E-state index is 6.11. The minimum absolute atomic E-state index is 0.323. The number of rotatable bonds is 5. The molecule has 0 atom stereocenters. The zero-order valence-corrected chi connectivity index (χ0v) is 11.8. The molecule has 0 fully saturated rings. The molecule has 1 N–H and O–H groups in total. The van der Waals surface area contributed by atoms with Crippen molar-refractivity contribution in [2.24, 2.45) is 0 Å². The van der Waals surface area contributed by atoms with Crippen LogP contribution in [0.1, 0.15) is 11.1 Å². The SMILES string of the molecule is Clc1ccccc1CNCCc1ccc2c(c1)OCO2. The number of ether oxygens (including phenoxy) is 2. The molecule has 2 aromatic carbocycles. The number of hydrogen-bond donors (Lipinski definition) is 1. The summed E-state index contributed by atoms with van der Waals surface area (Å²) in [5.41, 5.74) is 2.36. The van der Waals surface area contributed by atoms with Crippen LogP contribution in [0.3, 0.4) is 0 Å². The average molecular weight is 290 g/mol. The van der Waals surface area contributed by atoms with Crippen molar-refractivity contribution < 1.29 is 9.47 Å². The molecule has 20 heavy (non-hydrogen) atoms. The summed E-state index contributed by atoms with van der Waals surface area (Å²) in [4.78, 5) is 0. The quantitative estimate of drug-likeness (QED) is 0.856. The first-order valence-corrected chi connectivity index (χ1v) is 7.03. The van der Waals surface area contributed by atoms with Gasteiger partial charge in [-0.25, -0.2) is 0 Å². The van der Waals surface area contributed by atoms with Gasteiger partial charge in [-0.05, 0) is 42.3 Å². The Labute approximate surface area is 123 Å². The van der Waals surface area contributed by atoms with Gasteiger partial charge in [0.2, 0.25) is 6.79 Å². The van der Waals surface area contributed by atoms with Crippen LogP contribution in [0, 0.1) is 0 Å². The van der Waals surface area contributed by atoms with E-state index in [1.807, 2.05) is 36.4 Å². The van der Waals surface area contributed by atoms with Gasteiger partial charge in [0, 0.05) is 11.6 Å². The Kier molecular flexibility index (Phi) is 4.09. The van der Waals surface area contributed by atoms with E-state index in [-0.39, 0.29) is 0 Å². The highest BCUT2D eigenvalue weighted by Crippen LogP contribution is 2.32. The standard InChI is InChI=1S/C16H16ClNO2/c17-14-4-2-1-3-13(14)10-18-8-7-12-5-6-15-16(9-12)20-11-19-15/h1-6,9,18H,7-8,10-11H2. The smallest absolute Gasteiger partial charge is 0.231 e. The molecule has 104 valence electrons. The van der Waals surface area contributed by atoms with E-state index in [4.69, 9.17) is 21.1 Å². The number of hydrogen-bond acceptors (Lipinski definition) is 3. The molecule has 0 aromatic heterocycles. The van der Waals surface area contributed by atoms with E-state index in [9.17, 15) is 0 Å². The van der Waals surface area contributed by atoms with Crippen molar-refractivity contribution in [1.82, 2.24) is 5.32 Å². The number of nitrogens with one attached hydrogen (secondary N) is 1. The zero-order chi connectivity index (χ0) is 13.8. The van der Waals surface area contributed by atoms with Gasteiger partial charge in [-0.2, -0.15) is 0 Å². The predicted octanol–water partition coefficient (Wildman–Crippen LogP) is 3.40. The molecule has 4 heteroatoms. The monoisotopic (exact) mass is 289 g/mol. The average Bonchev–Trinajstić information content (AvgIpc) is 2.93. The van der Waals surface area contributed by atoms with Crippen LogP contribution in [0.15, 0.2) is 42.5 Å². The van der Waals surface area contributed by atoms with Crippen LogP contribution >= 0.6 is 11.6 Å². The molecule has 0 saturated carbocycles. The van der Waals surface area contributed by atoms with Crippen molar-refractivity contribution in [2.45, 2.75) is 13.0 Å². The van der Waals surface area contributed by atoms with Gasteiger partial charge in [-0.15, -0.1) is 0 Å². The van der Waals surface area contributed by atoms with Crippen molar-refractivity contribution in [3.63, 3.8) is 0 Å². The first kappa shape index (κ1) is 13.3. The van der Waals surface area contributed by atoms with Gasteiger partial charge in [-0.1, -0.05) is 35.9 Å². The van der Waals surface area contributed by atoms with Gasteiger partial charge in [0.1, 0.15) is 0 Å². The normalized spacial score (nSPS) is 12.7. The van der Waals surface area contributed by atoms with Gasteiger partial charge < -0.3 is 14.8 Å². The topological polar surface area (TPSA) is 30.5 Å². The highest BCUT2D eigenvalue weighted by atomic mass is 35.5. The number of halogens is 1. The largest absolute Gasteiger partial charge is 0.454 e. The lowest BCUT2D eigenvalue weighted by Crippen LogP contribution is -2.16.